The molecule has 1 aliphatic carbocycles. The van der Waals surface area contributed by atoms with Crippen molar-refractivity contribution < 1.29 is 4.79 Å². The lowest BCUT2D eigenvalue weighted by Crippen LogP contribution is -2.26. The largest absolute Gasteiger partial charge is 0.307 e. The van der Waals surface area contributed by atoms with Gasteiger partial charge >= 0.3 is 0 Å². The Balaban J connectivity index is 1.67. The van der Waals surface area contributed by atoms with Crippen LogP contribution in [0.15, 0.2) is 36.4 Å². The van der Waals surface area contributed by atoms with Crippen molar-refractivity contribution in [1.29, 1.82) is 0 Å². The summed E-state index contributed by atoms with van der Waals surface area (Å²) >= 11 is 0. The third kappa shape index (κ3) is 2.74. The van der Waals surface area contributed by atoms with Crippen molar-refractivity contribution in [2.45, 2.75) is 25.3 Å². The second-order valence-corrected chi connectivity index (χ2v) is 4.87. The number of rotatable bonds is 5. The van der Waals surface area contributed by atoms with Crippen molar-refractivity contribution in [3.8, 4) is 0 Å². The minimum Gasteiger partial charge on any atom is -0.307 e. The highest BCUT2D eigenvalue weighted by Crippen LogP contribution is 2.18. The fourth-order valence-corrected chi connectivity index (χ4v) is 2.02. The summed E-state index contributed by atoms with van der Waals surface area (Å²) in [5, 5.41) is 4.35. The average Bonchev–Trinajstić information content (AvgIpc) is 3.20. The number of aromatic nitrogens is 1. The lowest BCUT2D eigenvalue weighted by atomic mass is 10.1. The van der Waals surface area contributed by atoms with Gasteiger partial charge in [-0.3, -0.25) is 9.78 Å². The molecule has 0 aliphatic heterocycles. The second kappa shape index (κ2) is 4.86. The number of benzene rings is 1. The molecule has 0 amide bonds. The molecule has 0 saturated heterocycles. The summed E-state index contributed by atoms with van der Waals surface area (Å²) in [7, 11) is 0. The number of para-hydroxylation sites is 1. The summed E-state index contributed by atoms with van der Waals surface area (Å²) in [5.74, 6) is 0.213. The molecular weight excluding hydrogens is 224 g/mol. The van der Waals surface area contributed by atoms with E-state index in [-0.39, 0.29) is 5.78 Å². The van der Waals surface area contributed by atoms with Gasteiger partial charge in [0.25, 0.3) is 0 Å². The van der Waals surface area contributed by atoms with E-state index in [2.05, 4.69) is 10.3 Å². The molecule has 0 spiro atoms. The first-order valence-corrected chi connectivity index (χ1v) is 6.41. The molecule has 0 bridgehead atoms. The standard InChI is InChI=1S/C15H16N2O/c18-14(10-16-12-7-8-12)9-13-6-5-11-3-1-2-4-15(11)17-13/h1-6,12,16H,7-10H2. The van der Waals surface area contributed by atoms with Gasteiger partial charge in [0.15, 0.2) is 5.78 Å². The lowest BCUT2D eigenvalue weighted by molar-refractivity contribution is -0.117. The van der Waals surface area contributed by atoms with Crippen LogP contribution in [0.5, 0.6) is 0 Å². The van der Waals surface area contributed by atoms with Gasteiger partial charge in [0.05, 0.1) is 18.5 Å². The fourth-order valence-electron chi connectivity index (χ4n) is 2.02. The summed E-state index contributed by atoms with van der Waals surface area (Å²) in [6, 6.07) is 12.5. The topological polar surface area (TPSA) is 42.0 Å². The van der Waals surface area contributed by atoms with Crippen molar-refractivity contribution in [3.05, 3.63) is 42.1 Å². The maximum absolute atomic E-state index is 11.8. The van der Waals surface area contributed by atoms with E-state index in [0.717, 1.165) is 16.6 Å². The van der Waals surface area contributed by atoms with Crippen LogP contribution in [-0.2, 0) is 11.2 Å². The number of carbonyl (C=O) groups is 1. The van der Waals surface area contributed by atoms with Crippen LogP contribution in [0, 0.1) is 0 Å². The van der Waals surface area contributed by atoms with Crippen LogP contribution in [0.1, 0.15) is 18.5 Å². The van der Waals surface area contributed by atoms with Gasteiger partial charge in [0.1, 0.15) is 0 Å². The van der Waals surface area contributed by atoms with Gasteiger partial charge in [-0.25, -0.2) is 0 Å². The van der Waals surface area contributed by atoms with E-state index < -0.39 is 0 Å². The maximum atomic E-state index is 11.8. The van der Waals surface area contributed by atoms with Crippen LogP contribution in [0.3, 0.4) is 0 Å². The van der Waals surface area contributed by atoms with Crippen LogP contribution in [0.25, 0.3) is 10.9 Å². The highest BCUT2D eigenvalue weighted by molar-refractivity contribution is 5.84. The lowest BCUT2D eigenvalue weighted by Gasteiger charge is -2.03. The van der Waals surface area contributed by atoms with E-state index in [1.807, 2.05) is 36.4 Å². The molecule has 3 heteroatoms. The minimum atomic E-state index is 0.213. The Morgan fingerprint density at radius 3 is 2.89 bits per heavy atom. The Morgan fingerprint density at radius 1 is 1.22 bits per heavy atom. The van der Waals surface area contributed by atoms with Gasteiger partial charge in [0, 0.05) is 17.1 Å². The van der Waals surface area contributed by atoms with E-state index in [1.165, 1.54) is 12.8 Å². The van der Waals surface area contributed by atoms with E-state index in [9.17, 15) is 4.79 Å². The SMILES string of the molecule is O=C(CNC1CC1)Cc1ccc2ccccc2n1. The van der Waals surface area contributed by atoms with Gasteiger partial charge in [-0.15, -0.1) is 0 Å². The van der Waals surface area contributed by atoms with Crippen molar-refractivity contribution >= 4 is 16.7 Å². The highest BCUT2D eigenvalue weighted by Gasteiger charge is 2.21. The van der Waals surface area contributed by atoms with Gasteiger partial charge in [-0.05, 0) is 25.0 Å². The first-order chi connectivity index (χ1) is 8.81. The molecule has 18 heavy (non-hydrogen) atoms. The van der Waals surface area contributed by atoms with Gasteiger partial charge in [0.2, 0.25) is 0 Å². The Kier molecular flexibility index (Phi) is 3.07. The van der Waals surface area contributed by atoms with Crippen molar-refractivity contribution in [2.75, 3.05) is 6.54 Å². The molecule has 1 fully saturated rings. The van der Waals surface area contributed by atoms with E-state index in [1.54, 1.807) is 0 Å². The number of fused-ring (bicyclic) bond motifs is 1. The number of hydrogen-bond acceptors (Lipinski definition) is 3. The van der Waals surface area contributed by atoms with Crippen LogP contribution >= 0.6 is 0 Å². The second-order valence-electron chi connectivity index (χ2n) is 4.87. The third-order valence-electron chi connectivity index (χ3n) is 3.20. The van der Waals surface area contributed by atoms with E-state index >= 15 is 0 Å². The number of pyridine rings is 1. The molecule has 1 saturated carbocycles. The molecule has 1 aromatic heterocycles. The molecule has 0 radical (unpaired) electrons. The predicted molar refractivity (Wildman–Crippen MR) is 71.5 cm³/mol. The van der Waals surface area contributed by atoms with Gasteiger partial charge in [-0.1, -0.05) is 24.3 Å². The summed E-state index contributed by atoms with van der Waals surface area (Å²) in [6.07, 6.45) is 2.84. The maximum Gasteiger partial charge on any atom is 0.152 e. The number of nitrogens with zero attached hydrogens (tertiary/aromatic N) is 1. The normalized spacial score (nSPS) is 14.9. The van der Waals surface area contributed by atoms with Crippen LogP contribution in [-0.4, -0.2) is 23.4 Å². The minimum absolute atomic E-state index is 0.213. The monoisotopic (exact) mass is 240 g/mol. The van der Waals surface area contributed by atoms with Crippen LogP contribution < -0.4 is 5.32 Å². The van der Waals surface area contributed by atoms with Gasteiger partial charge < -0.3 is 5.32 Å². The first kappa shape index (κ1) is 11.4. The summed E-state index contributed by atoms with van der Waals surface area (Å²) in [5.41, 5.74) is 1.81. The molecule has 1 aromatic carbocycles. The Labute approximate surface area is 106 Å². The summed E-state index contributed by atoms with van der Waals surface area (Å²) in [4.78, 5) is 16.3. The Hall–Kier alpha value is -1.74. The number of Topliss-reactive ketones (excluding diaryl/α,β-unsaturated/α-hetero) is 1. The predicted octanol–water partition coefficient (Wildman–Crippen LogP) is 2.10. The third-order valence-corrected chi connectivity index (χ3v) is 3.20. The molecule has 3 rings (SSSR count). The molecular formula is C15H16N2O. The van der Waals surface area contributed by atoms with Crippen molar-refractivity contribution in [2.24, 2.45) is 0 Å². The smallest absolute Gasteiger partial charge is 0.152 e. The zero-order chi connectivity index (χ0) is 12.4. The number of nitrogens with one attached hydrogen (secondary N) is 1. The molecule has 2 aromatic rings. The first-order valence-electron chi connectivity index (χ1n) is 6.41. The molecule has 1 aliphatic rings. The average molecular weight is 240 g/mol. The van der Waals surface area contributed by atoms with Crippen LogP contribution in [0.2, 0.25) is 0 Å². The van der Waals surface area contributed by atoms with E-state index in [4.69, 9.17) is 0 Å². The number of carbonyl (C=O) groups excluding carboxylic acids is 1. The zero-order valence-corrected chi connectivity index (χ0v) is 10.2. The molecule has 92 valence electrons. The summed E-state index contributed by atoms with van der Waals surface area (Å²) < 4.78 is 0. The van der Waals surface area contributed by atoms with Gasteiger partial charge in [-0.2, -0.15) is 0 Å². The quantitative estimate of drug-likeness (QED) is 0.870. The molecule has 3 nitrogen and oxygen atoms in total. The zero-order valence-electron chi connectivity index (χ0n) is 10.2. The molecule has 1 heterocycles. The van der Waals surface area contributed by atoms with Crippen molar-refractivity contribution in [1.82, 2.24) is 10.3 Å². The number of hydrogen-bond donors (Lipinski definition) is 1. The van der Waals surface area contributed by atoms with E-state index in [0.29, 0.717) is 19.0 Å². The molecule has 1 N–H and O–H groups in total. The summed E-state index contributed by atoms with van der Waals surface area (Å²) in [6.45, 7) is 0.471. The Morgan fingerprint density at radius 2 is 2.06 bits per heavy atom. The highest BCUT2D eigenvalue weighted by atomic mass is 16.1. The van der Waals surface area contributed by atoms with Crippen molar-refractivity contribution in [3.63, 3.8) is 0 Å². The number of ketones is 1. The fraction of sp³-hybridized carbons (Fsp3) is 0.333. The molecule has 0 unspecified atom stereocenters. The van der Waals surface area contributed by atoms with Crippen LogP contribution in [0.4, 0.5) is 0 Å². The Bertz CT molecular complexity index is 575. The molecule has 0 atom stereocenters.